The van der Waals surface area contributed by atoms with Crippen LogP contribution in [0.2, 0.25) is 0 Å². The van der Waals surface area contributed by atoms with Gasteiger partial charge in [0, 0.05) is 5.92 Å². The fraction of sp³-hybridized carbons (Fsp3) is 0.222. The van der Waals surface area contributed by atoms with E-state index in [0.29, 0.717) is 0 Å². The highest BCUT2D eigenvalue weighted by atomic mass is 32.2. The number of sulfonamides is 1. The van der Waals surface area contributed by atoms with E-state index in [2.05, 4.69) is 0 Å². The van der Waals surface area contributed by atoms with Gasteiger partial charge in [-0.15, -0.1) is 0 Å². The Balaban J connectivity index is 3.07. The predicted molar refractivity (Wildman–Crippen MR) is 52.3 cm³/mol. The van der Waals surface area contributed by atoms with Crippen molar-refractivity contribution in [2.24, 2.45) is 5.14 Å². The van der Waals surface area contributed by atoms with Crippen LogP contribution in [0.4, 0.5) is 0 Å². The molecule has 0 aliphatic heterocycles. The first-order chi connectivity index (χ1) is 6.45. The summed E-state index contributed by atoms with van der Waals surface area (Å²) in [7, 11) is -3.64. The van der Waals surface area contributed by atoms with Crippen LogP contribution in [0, 0.1) is 0 Å². The zero-order chi connectivity index (χ0) is 10.8. The smallest absolute Gasteiger partial charge is 0.238 e. The third kappa shape index (κ3) is 2.40. The Labute approximate surface area is 82.8 Å². The molecular weight excluding hydrogens is 202 g/mol. The van der Waals surface area contributed by atoms with Crippen LogP contribution in [-0.2, 0) is 14.8 Å². The first-order valence-corrected chi connectivity index (χ1v) is 5.58. The molecule has 0 aromatic heterocycles. The largest absolute Gasteiger partial charge is 0.303 e. The fourth-order valence-corrected chi connectivity index (χ4v) is 1.56. The van der Waals surface area contributed by atoms with E-state index in [1.54, 1.807) is 19.1 Å². The van der Waals surface area contributed by atoms with Crippen molar-refractivity contribution in [2.75, 3.05) is 0 Å². The van der Waals surface area contributed by atoms with E-state index in [1.807, 2.05) is 0 Å². The number of hydrogen-bond donors (Lipinski definition) is 1. The number of primary sulfonamides is 1. The molecule has 76 valence electrons. The number of hydrogen-bond acceptors (Lipinski definition) is 3. The summed E-state index contributed by atoms with van der Waals surface area (Å²) in [6, 6.07) is 5.95. The molecule has 0 saturated carbocycles. The summed E-state index contributed by atoms with van der Waals surface area (Å²) >= 11 is 0. The second-order valence-electron chi connectivity index (χ2n) is 3.04. The van der Waals surface area contributed by atoms with Gasteiger partial charge < -0.3 is 4.79 Å². The average Bonchev–Trinajstić information content (AvgIpc) is 2.15. The van der Waals surface area contributed by atoms with E-state index in [9.17, 15) is 13.2 Å². The predicted octanol–water partition coefficient (Wildman–Crippen LogP) is 0.636. The van der Waals surface area contributed by atoms with Gasteiger partial charge in [0.15, 0.2) is 0 Å². The van der Waals surface area contributed by atoms with E-state index in [1.165, 1.54) is 12.1 Å². The van der Waals surface area contributed by atoms with Crippen molar-refractivity contribution in [3.05, 3.63) is 29.8 Å². The number of carbonyl (C=O) groups excluding carboxylic acids is 1. The summed E-state index contributed by atoms with van der Waals surface area (Å²) in [6.07, 6.45) is 0.798. The van der Waals surface area contributed by atoms with Gasteiger partial charge in [-0.3, -0.25) is 0 Å². The Kier molecular flexibility index (Phi) is 3.03. The van der Waals surface area contributed by atoms with Gasteiger partial charge in [-0.1, -0.05) is 19.1 Å². The summed E-state index contributed by atoms with van der Waals surface area (Å²) in [4.78, 5) is 10.5. The van der Waals surface area contributed by atoms with Gasteiger partial charge in [0.25, 0.3) is 0 Å². The maximum absolute atomic E-state index is 10.9. The molecule has 2 N–H and O–H groups in total. The fourth-order valence-electron chi connectivity index (χ4n) is 1.04. The maximum Gasteiger partial charge on any atom is 0.238 e. The Hall–Kier alpha value is -1.20. The first kappa shape index (κ1) is 10.9. The lowest BCUT2D eigenvalue weighted by molar-refractivity contribution is -0.108. The molecule has 1 aromatic carbocycles. The van der Waals surface area contributed by atoms with E-state index in [0.717, 1.165) is 11.8 Å². The molecule has 1 atom stereocenters. The van der Waals surface area contributed by atoms with Gasteiger partial charge in [0.05, 0.1) is 4.90 Å². The van der Waals surface area contributed by atoms with Gasteiger partial charge >= 0.3 is 0 Å². The number of benzene rings is 1. The van der Waals surface area contributed by atoms with Gasteiger partial charge in [-0.2, -0.15) is 0 Å². The van der Waals surface area contributed by atoms with Crippen molar-refractivity contribution in [3.63, 3.8) is 0 Å². The normalized spacial score (nSPS) is 13.6. The third-order valence-corrected chi connectivity index (χ3v) is 2.87. The molecule has 4 nitrogen and oxygen atoms in total. The lowest BCUT2D eigenvalue weighted by Crippen LogP contribution is -2.12. The number of rotatable bonds is 3. The monoisotopic (exact) mass is 213 g/mol. The van der Waals surface area contributed by atoms with Crippen LogP contribution < -0.4 is 5.14 Å². The Morgan fingerprint density at radius 2 is 1.79 bits per heavy atom. The summed E-state index contributed by atoms with van der Waals surface area (Å²) in [5.41, 5.74) is 0.771. The zero-order valence-electron chi connectivity index (χ0n) is 7.67. The molecule has 0 aliphatic rings. The molecular formula is C9H11NO3S. The number of carbonyl (C=O) groups is 1. The SMILES string of the molecule is CC(C=O)c1ccc(S(N)(=O)=O)cc1. The van der Waals surface area contributed by atoms with Crippen LogP contribution >= 0.6 is 0 Å². The number of nitrogens with two attached hydrogens (primary N) is 1. The first-order valence-electron chi connectivity index (χ1n) is 4.03. The topological polar surface area (TPSA) is 77.2 Å². The van der Waals surface area contributed by atoms with Gasteiger partial charge in [-0.05, 0) is 17.7 Å². The van der Waals surface area contributed by atoms with Crippen molar-refractivity contribution in [1.29, 1.82) is 0 Å². The summed E-state index contributed by atoms with van der Waals surface area (Å²) in [6.45, 7) is 1.74. The highest BCUT2D eigenvalue weighted by Crippen LogP contribution is 2.15. The maximum atomic E-state index is 10.9. The standard InChI is InChI=1S/C9H11NO3S/c1-7(6-11)8-2-4-9(5-3-8)14(10,12)13/h2-7H,1H3,(H2,10,12,13). The van der Waals surface area contributed by atoms with E-state index in [-0.39, 0.29) is 10.8 Å². The summed E-state index contributed by atoms with van der Waals surface area (Å²) in [5, 5.41) is 4.92. The molecule has 0 amide bonds. The van der Waals surface area contributed by atoms with E-state index < -0.39 is 10.0 Å². The van der Waals surface area contributed by atoms with Crippen molar-refractivity contribution in [1.82, 2.24) is 0 Å². The minimum absolute atomic E-state index is 0.0550. The molecule has 5 heteroatoms. The second kappa shape index (κ2) is 3.89. The molecule has 0 bridgehead atoms. The molecule has 1 aromatic rings. The highest BCUT2D eigenvalue weighted by molar-refractivity contribution is 7.89. The second-order valence-corrected chi connectivity index (χ2v) is 4.60. The van der Waals surface area contributed by atoms with Crippen LogP contribution in [-0.4, -0.2) is 14.7 Å². The van der Waals surface area contributed by atoms with Gasteiger partial charge in [-0.25, -0.2) is 13.6 Å². The van der Waals surface area contributed by atoms with Crippen LogP contribution in [0.15, 0.2) is 29.2 Å². The summed E-state index contributed by atoms with van der Waals surface area (Å²) in [5.74, 6) is -0.232. The van der Waals surface area contributed by atoms with Gasteiger partial charge in [0.1, 0.15) is 6.29 Å². The third-order valence-electron chi connectivity index (χ3n) is 1.94. The molecule has 0 saturated heterocycles. The molecule has 1 unspecified atom stereocenters. The van der Waals surface area contributed by atoms with Crippen molar-refractivity contribution in [2.45, 2.75) is 17.7 Å². The molecule has 0 aliphatic carbocycles. The van der Waals surface area contributed by atoms with Crippen LogP contribution in [0.3, 0.4) is 0 Å². The molecule has 14 heavy (non-hydrogen) atoms. The molecule has 0 radical (unpaired) electrons. The molecule has 0 spiro atoms. The highest BCUT2D eigenvalue weighted by Gasteiger charge is 2.08. The lowest BCUT2D eigenvalue weighted by Gasteiger charge is -2.04. The van der Waals surface area contributed by atoms with Gasteiger partial charge in [0.2, 0.25) is 10.0 Å². The van der Waals surface area contributed by atoms with Crippen LogP contribution in [0.25, 0.3) is 0 Å². The minimum atomic E-state index is -3.64. The van der Waals surface area contributed by atoms with Crippen molar-refractivity contribution in [3.8, 4) is 0 Å². The molecule has 0 heterocycles. The lowest BCUT2D eigenvalue weighted by atomic mass is 10.0. The van der Waals surface area contributed by atoms with E-state index >= 15 is 0 Å². The quantitative estimate of drug-likeness (QED) is 0.748. The van der Waals surface area contributed by atoms with E-state index in [4.69, 9.17) is 5.14 Å². The van der Waals surface area contributed by atoms with Crippen molar-refractivity contribution >= 4 is 16.3 Å². The Morgan fingerprint density at radius 1 is 1.29 bits per heavy atom. The van der Waals surface area contributed by atoms with Crippen LogP contribution in [0.5, 0.6) is 0 Å². The Bertz CT molecular complexity index is 422. The van der Waals surface area contributed by atoms with Crippen LogP contribution in [0.1, 0.15) is 18.4 Å². The molecule has 0 fully saturated rings. The minimum Gasteiger partial charge on any atom is -0.303 e. The zero-order valence-corrected chi connectivity index (χ0v) is 8.49. The van der Waals surface area contributed by atoms with Crippen molar-refractivity contribution < 1.29 is 13.2 Å². The average molecular weight is 213 g/mol. The molecule has 1 rings (SSSR count). The Morgan fingerprint density at radius 3 is 2.14 bits per heavy atom. The summed E-state index contributed by atoms with van der Waals surface area (Å²) < 4.78 is 21.8. The number of aldehydes is 1.